The largest absolute Gasteiger partial charge is 0.286 e. The second kappa shape index (κ2) is 4.77. The molecule has 0 aliphatic carbocycles. The van der Waals surface area contributed by atoms with Gasteiger partial charge in [0.25, 0.3) is 0 Å². The summed E-state index contributed by atoms with van der Waals surface area (Å²) < 4.78 is 0. The zero-order chi connectivity index (χ0) is 12.3. The molecular weight excluding hydrogens is 196 g/mol. The van der Waals surface area contributed by atoms with Crippen molar-refractivity contribution in [1.82, 2.24) is 0 Å². The molecule has 0 fully saturated rings. The predicted octanol–water partition coefficient (Wildman–Crippen LogP) is 3.65. The maximum atomic E-state index is 4.43. The van der Waals surface area contributed by atoms with Crippen LogP contribution in [0.1, 0.15) is 34.6 Å². The van der Waals surface area contributed by atoms with Crippen LogP contribution in [0, 0.1) is 11.3 Å². The molecule has 0 amide bonds. The van der Waals surface area contributed by atoms with Crippen LogP contribution in [-0.4, -0.2) is 19.0 Å². The molecule has 0 atom stereocenters. The Balaban J connectivity index is 3.15. The van der Waals surface area contributed by atoms with E-state index in [2.05, 4.69) is 56.8 Å². The minimum atomic E-state index is 0.127. The molecule has 2 nitrogen and oxygen atoms in total. The molecule has 16 heavy (non-hydrogen) atoms. The Morgan fingerprint density at radius 1 is 1.31 bits per heavy atom. The van der Waals surface area contributed by atoms with Crippen molar-refractivity contribution in [2.75, 3.05) is 7.05 Å². The molecule has 1 aliphatic rings. The predicted molar refractivity (Wildman–Crippen MR) is 72.3 cm³/mol. The molecule has 88 valence electrons. The van der Waals surface area contributed by atoms with Crippen LogP contribution in [0.5, 0.6) is 0 Å². The van der Waals surface area contributed by atoms with E-state index in [0.29, 0.717) is 5.92 Å². The molecule has 0 aromatic rings. The Morgan fingerprint density at radius 2 is 1.94 bits per heavy atom. The van der Waals surface area contributed by atoms with Gasteiger partial charge < -0.3 is 0 Å². The Kier molecular flexibility index (Phi) is 3.84. The highest BCUT2D eigenvalue weighted by molar-refractivity contribution is 6.16. The number of hydrogen-bond donors (Lipinski definition) is 0. The second-order valence-corrected chi connectivity index (χ2v) is 5.52. The topological polar surface area (TPSA) is 24.7 Å². The van der Waals surface area contributed by atoms with E-state index >= 15 is 0 Å². The first-order chi connectivity index (χ1) is 7.35. The molecule has 1 aliphatic heterocycles. The third kappa shape index (κ3) is 3.16. The fraction of sp³-hybridized carbons (Fsp3) is 0.571. The standard InChI is InChI=1S/C14H22N2/c1-10(2)11-7-8-16-12(13(11)15-6)9-14(3,4)5/h7-10H,1-6H3/b12-9+,15-13?. The van der Waals surface area contributed by atoms with Crippen molar-refractivity contribution < 1.29 is 0 Å². The highest BCUT2D eigenvalue weighted by Gasteiger charge is 2.19. The van der Waals surface area contributed by atoms with Gasteiger partial charge >= 0.3 is 0 Å². The maximum absolute atomic E-state index is 4.43. The van der Waals surface area contributed by atoms with Crippen LogP contribution in [0.4, 0.5) is 0 Å². The smallest absolute Gasteiger partial charge is 0.0859 e. The van der Waals surface area contributed by atoms with E-state index in [9.17, 15) is 0 Å². The molecule has 0 aromatic heterocycles. The lowest BCUT2D eigenvalue weighted by Gasteiger charge is -2.20. The normalized spacial score (nSPS) is 22.1. The zero-order valence-electron chi connectivity index (χ0n) is 11.2. The van der Waals surface area contributed by atoms with Crippen molar-refractivity contribution in [3.63, 3.8) is 0 Å². The summed E-state index contributed by atoms with van der Waals surface area (Å²) in [6, 6.07) is 0. The fourth-order valence-electron chi connectivity index (χ4n) is 1.71. The van der Waals surface area contributed by atoms with E-state index in [1.807, 2.05) is 13.3 Å². The van der Waals surface area contributed by atoms with Crippen molar-refractivity contribution in [1.29, 1.82) is 0 Å². The number of hydrogen-bond acceptors (Lipinski definition) is 2. The maximum Gasteiger partial charge on any atom is 0.0859 e. The Morgan fingerprint density at radius 3 is 2.38 bits per heavy atom. The van der Waals surface area contributed by atoms with Gasteiger partial charge in [-0.05, 0) is 23.0 Å². The Labute approximate surface area is 98.9 Å². The lowest BCUT2D eigenvalue weighted by molar-refractivity contribution is 0.541. The summed E-state index contributed by atoms with van der Waals surface area (Å²) in [5, 5.41) is 0. The van der Waals surface area contributed by atoms with Crippen LogP contribution in [0.15, 0.2) is 33.4 Å². The van der Waals surface area contributed by atoms with E-state index in [0.717, 1.165) is 11.4 Å². The van der Waals surface area contributed by atoms with E-state index < -0.39 is 0 Å². The average molecular weight is 218 g/mol. The molecule has 0 aromatic carbocycles. The highest BCUT2D eigenvalue weighted by atomic mass is 14.8. The summed E-state index contributed by atoms with van der Waals surface area (Å²) in [4.78, 5) is 8.81. The third-order valence-corrected chi connectivity index (χ3v) is 2.40. The van der Waals surface area contributed by atoms with E-state index in [1.54, 1.807) is 0 Å². The van der Waals surface area contributed by atoms with Crippen molar-refractivity contribution in [2.24, 2.45) is 21.3 Å². The summed E-state index contributed by atoms with van der Waals surface area (Å²) in [6.45, 7) is 10.9. The van der Waals surface area contributed by atoms with Crippen LogP contribution in [0.2, 0.25) is 0 Å². The van der Waals surface area contributed by atoms with Gasteiger partial charge in [-0.1, -0.05) is 40.7 Å². The van der Waals surface area contributed by atoms with Gasteiger partial charge in [-0.2, -0.15) is 0 Å². The van der Waals surface area contributed by atoms with E-state index in [1.165, 1.54) is 5.57 Å². The van der Waals surface area contributed by atoms with E-state index in [-0.39, 0.29) is 5.41 Å². The van der Waals surface area contributed by atoms with Crippen molar-refractivity contribution in [3.8, 4) is 0 Å². The molecule has 1 heterocycles. The minimum absolute atomic E-state index is 0.127. The lowest BCUT2D eigenvalue weighted by atomic mass is 9.89. The van der Waals surface area contributed by atoms with E-state index in [4.69, 9.17) is 0 Å². The van der Waals surface area contributed by atoms with Gasteiger partial charge in [0.15, 0.2) is 0 Å². The summed E-state index contributed by atoms with van der Waals surface area (Å²) in [6.07, 6.45) is 6.12. The van der Waals surface area contributed by atoms with Gasteiger partial charge in [-0.15, -0.1) is 0 Å². The summed E-state index contributed by atoms with van der Waals surface area (Å²) in [5.74, 6) is 0.480. The summed E-state index contributed by atoms with van der Waals surface area (Å²) in [5.41, 5.74) is 3.43. The number of dihydropyridines is 1. The van der Waals surface area contributed by atoms with Crippen LogP contribution in [0.25, 0.3) is 0 Å². The number of aliphatic imine (C=N–C) groups is 2. The molecule has 1 rings (SSSR count). The fourth-order valence-corrected chi connectivity index (χ4v) is 1.71. The lowest BCUT2D eigenvalue weighted by Crippen LogP contribution is -2.16. The Bertz CT molecular complexity index is 374. The van der Waals surface area contributed by atoms with Gasteiger partial charge in [-0.25, -0.2) is 0 Å². The van der Waals surface area contributed by atoms with Crippen LogP contribution in [-0.2, 0) is 0 Å². The second-order valence-electron chi connectivity index (χ2n) is 5.52. The number of nitrogens with zero attached hydrogens (tertiary/aromatic N) is 2. The third-order valence-electron chi connectivity index (χ3n) is 2.40. The molecule has 0 saturated carbocycles. The van der Waals surface area contributed by atoms with Crippen LogP contribution >= 0.6 is 0 Å². The highest BCUT2D eigenvalue weighted by Crippen LogP contribution is 2.25. The molecule has 0 unspecified atom stereocenters. The average Bonchev–Trinajstić information content (AvgIpc) is 2.14. The molecule has 0 N–H and O–H groups in total. The van der Waals surface area contributed by atoms with Crippen LogP contribution in [0.3, 0.4) is 0 Å². The van der Waals surface area contributed by atoms with Crippen molar-refractivity contribution in [2.45, 2.75) is 34.6 Å². The molecule has 0 radical (unpaired) electrons. The van der Waals surface area contributed by atoms with Gasteiger partial charge in [0.05, 0.1) is 11.4 Å². The van der Waals surface area contributed by atoms with Gasteiger partial charge in [0.1, 0.15) is 0 Å². The van der Waals surface area contributed by atoms with Crippen LogP contribution < -0.4 is 0 Å². The molecule has 2 heteroatoms. The monoisotopic (exact) mass is 218 g/mol. The quantitative estimate of drug-likeness (QED) is 0.642. The summed E-state index contributed by atoms with van der Waals surface area (Å²) >= 11 is 0. The SMILES string of the molecule is CN=C1C(C(C)C)=CC=N/C1=C/C(C)(C)C. The molecule has 0 saturated heterocycles. The van der Waals surface area contributed by atoms with Gasteiger partial charge in [0, 0.05) is 13.3 Å². The minimum Gasteiger partial charge on any atom is -0.286 e. The first kappa shape index (κ1) is 12.9. The number of rotatable bonds is 1. The molecular formula is C14H22N2. The number of allylic oxidation sites excluding steroid dienone is 3. The zero-order valence-corrected chi connectivity index (χ0v) is 11.2. The summed E-state index contributed by atoms with van der Waals surface area (Å²) in [7, 11) is 1.84. The first-order valence-corrected chi connectivity index (χ1v) is 5.80. The molecule has 0 spiro atoms. The molecule has 0 bridgehead atoms. The van der Waals surface area contributed by atoms with Gasteiger partial charge in [-0.3, -0.25) is 9.98 Å². The van der Waals surface area contributed by atoms with Crippen molar-refractivity contribution in [3.05, 3.63) is 23.4 Å². The van der Waals surface area contributed by atoms with Crippen molar-refractivity contribution >= 4 is 11.9 Å². The van der Waals surface area contributed by atoms with Gasteiger partial charge in [0.2, 0.25) is 0 Å². The first-order valence-electron chi connectivity index (χ1n) is 5.80. The Hall–Kier alpha value is -1.18.